The maximum atomic E-state index is 9.39. The summed E-state index contributed by atoms with van der Waals surface area (Å²) in [7, 11) is 0. The molecule has 17 heavy (non-hydrogen) atoms. The lowest BCUT2D eigenvalue weighted by atomic mass is 9.89. The summed E-state index contributed by atoms with van der Waals surface area (Å²) in [6.45, 7) is 0.772. The van der Waals surface area contributed by atoms with Crippen molar-refractivity contribution in [2.24, 2.45) is 0 Å². The van der Waals surface area contributed by atoms with Gasteiger partial charge in [0, 0.05) is 12.5 Å². The van der Waals surface area contributed by atoms with Crippen LogP contribution in [0.15, 0.2) is 18.2 Å². The molecule has 0 saturated carbocycles. The number of rotatable bonds is 2. The van der Waals surface area contributed by atoms with Gasteiger partial charge in [-0.15, -0.1) is 0 Å². The third-order valence-electron chi connectivity index (χ3n) is 3.24. The zero-order chi connectivity index (χ0) is 12.3. The first-order chi connectivity index (χ1) is 8.22. The molecule has 0 bridgehead atoms. The monoisotopic (exact) mass is 274 g/mol. The van der Waals surface area contributed by atoms with E-state index in [1.807, 2.05) is 12.1 Å². The molecule has 1 aromatic carbocycles. The van der Waals surface area contributed by atoms with E-state index in [-0.39, 0.29) is 18.6 Å². The van der Waals surface area contributed by atoms with Gasteiger partial charge >= 0.3 is 0 Å². The first kappa shape index (κ1) is 13.2. The van der Waals surface area contributed by atoms with Crippen LogP contribution in [-0.2, 0) is 4.74 Å². The van der Waals surface area contributed by atoms with Gasteiger partial charge < -0.3 is 9.84 Å². The number of aliphatic hydroxyl groups is 1. The van der Waals surface area contributed by atoms with E-state index in [1.54, 1.807) is 6.07 Å². The molecule has 2 rings (SSSR count). The normalized spacial score (nSPS) is 25.6. The molecule has 0 spiro atoms. The second-order valence-corrected chi connectivity index (χ2v) is 5.18. The van der Waals surface area contributed by atoms with Gasteiger partial charge in [-0.05, 0) is 30.5 Å². The molecule has 1 aliphatic rings. The van der Waals surface area contributed by atoms with E-state index < -0.39 is 0 Å². The van der Waals surface area contributed by atoms with Crippen LogP contribution in [0.2, 0.25) is 10.0 Å². The van der Waals surface area contributed by atoms with E-state index in [0.717, 1.165) is 31.4 Å². The molecule has 2 nitrogen and oxygen atoms in total. The highest BCUT2D eigenvalue weighted by atomic mass is 35.5. The molecule has 2 atom stereocenters. The minimum absolute atomic E-state index is 0.0465. The lowest BCUT2D eigenvalue weighted by Gasteiger charge is -2.23. The molecule has 1 aliphatic heterocycles. The van der Waals surface area contributed by atoms with Gasteiger partial charge in [-0.25, -0.2) is 0 Å². The van der Waals surface area contributed by atoms with Crippen LogP contribution in [0.3, 0.4) is 0 Å². The Hall–Kier alpha value is -0.280. The van der Waals surface area contributed by atoms with Gasteiger partial charge in [0.25, 0.3) is 0 Å². The molecule has 0 unspecified atom stereocenters. The molecule has 1 aromatic rings. The third-order valence-corrected chi connectivity index (χ3v) is 3.98. The van der Waals surface area contributed by atoms with E-state index >= 15 is 0 Å². The molecule has 0 aromatic heterocycles. The van der Waals surface area contributed by atoms with Crippen molar-refractivity contribution >= 4 is 23.2 Å². The molecule has 4 heteroatoms. The molecular weight excluding hydrogens is 259 g/mol. The number of aliphatic hydroxyl groups excluding tert-OH is 1. The summed E-state index contributed by atoms with van der Waals surface area (Å²) < 4.78 is 5.66. The Morgan fingerprint density at radius 2 is 2.06 bits per heavy atom. The first-order valence-electron chi connectivity index (χ1n) is 5.90. The maximum absolute atomic E-state index is 9.39. The lowest BCUT2D eigenvalue weighted by molar-refractivity contribution is 0.00589. The van der Waals surface area contributed by atoms with E-state index in [4.69, 9.17) is 27.9 Å². The highest BCUT2D eigenvalue weighted by molar-refractivity contribution is 6.42. The summed E-state index contributed by atoms with van der Waals surface area (Å²) in [5, 5.41) is 10.5. The Morgan fingerprint density at radius 3 is 2.76 bits per heavy atom. The summed E-state index contributed by atoms with van der Waals surface area (Å²) in [6.07, 6.45) is 3.05. The van der Waals surface area contributed by atoms with Crippen LogP contribution in [0.1, 0.15) is 30.7 Å². The van der Waals surface area contributed by atoms with Crippen molar-refractivity contribution in [2.75, 3.05) is 13.2 Å². The largest absolute Gasteiger partial charge is 0.394 e. The van der Waals surface area contributed by atoms with Crippen molar-refractivity contribution in [3.05, 3.63) is 33.8 Å². The number of hydrogen-bond acceptors (Lipinski definition) is 2. The molecule has 0 amide bonds. The summed E-state index contributed by atoms with van der Waals surface area (Å²) >= 11 is 11.9. The maximum Gasteiger partial charge on any atom is 0.0873 e. The van der Waals surface area contributed by atoms with Crippen LogP contribution in [0, 0.1) is 0 Å². The van der Waals surface area contributed by atoms with Crippen molar-refractivity contribution in [1.29, 1.82) is 0 Å². The summed E-state index contributed by atoms with van der Waals surface area (Å²) in [6, 6.07) is 5.65. The number of benzene rings is 1. The fraction of sp³-hybridized carbons (Fsp3) is 0.538. The van der Waals surface area contributed by atoms with Crippen LogP contribution in [0.25, 0.3) is 0 Å². The minimum atomic E-state index is -0.130. The number of ether oxygens (including phenoxy) is 1. The van der Waals surface area contributed by atoms with E-state index in [1.165, 1.54) is 0 Å². The second kappa shape index (κ2) is 6.05. The average Bonchev–Trinajstić information content (AvgIpc) is 2.57. The smallest absolute Gasteiger partial charge is 0.0873 e. The van der Waals surface area contributed by atoms with Gasteiger partial charge in [-0.3, -0.25) is 0 Å². The van der Waals surface area contributed by atoms with Crippen LogP contribution >= 0.6 is 23.2 Å². The fourth-order valence-corrected chi connectivity index (χ4v) is 2.61. The average molecular weight is 275 g/mol. The second-order valence-electron chi connectivity index (χ2n) is 4.37. The van der Waals surface area contributed by atoms with Crippen molar-refractivity contribution in [2.45, 2.75) is 31.3 Å². The predicted octanol–water partition coefficient (Wildman–Crippen LogP) is 3.64. The van der Waals surface area contributed by atoms with Gasteiger partial charge in [0.1, 0.15) is 0 Å². The van der Waals surface area contributed by atoms with E-state index in [0.29, 0.717) is 10.0 Å². The fourth-order valence-electron chi connectivity index (χ4n) is 2.31. The van der Waals surface area contributed by atoms with Crippen molar-refractivity contribution < 1.29 is 9.84 Å². The first-order valence-corrected chi connectivity index (χ1v) is 6.65. The molecule has 0 aliphatic carbocycles. The molecule has 1 N–H and O–H groups in total. The van der Waals surface area contributed by atoms with Crippen molar-refractivity contribution in [3.63, 3.8) is 0 Å². The molecule has 1 saturated heterocycles. The number of hydrogen-bond donors (Lipinski definition) is 1. The summed E-state index contributed by atoms with van der Waals surface area (Å²) in [5.74, 6) is 0.206. The van der Waals surface area contributed by atoms with E-state index in [2.05, 4.69) is 0 Å². The Labute approximate surface area is 111 Å². The quantitative estimate of drug-likeness (QED) is 0.892. The minimum Gasteiger partial charge on any atom is -0.394 e. The molecular formula is C13H16Cl2O2. The van der Waals surface area contributed by atoms with Gasteiger partial charge in [-0.1, -0.05) is 35.7 Å². The van der Waals surface area contributed by atoms with Crippen LogP contribution < -0.4 is 0 Å². The Balaban J connectivity index is 2.25. The van der Waals surface area contributed by atoms with Gasteiger partial charge in [0.15, 0.2) is 0 Å². The SMILES string of the molecule is OC[C@H]1OCCCC[C@@H]1c1ccc(Cl)c(Cl)c1. The van der Waals surface area contributed by atoms with Crippen LogP contribution in [0.5, 0.6) is 0 Å². The molecule has 0 radical (unpaired) electrons. The predicted molar refractivity (Wildman–Crippen MR) is 69.9 cm³/mol. The van der Waals surface area contributed by atoms with Crippen LogP contribution in [-0.4, -0.2) is 24.4 Å². The van der Waals surface area contributed by atoms with Crippen molar-refractivity contribution in [3.8, 4) is 0 Å². The van der Waals surface area contributed by atoms with Crippen LogP contribution in [0.4, 0.5) is 0 Å². The van der Waals surface area contributed by atoms with Gasteiger partial charge in [0.05, 0.1) is 22.8 Å². The molecule has 1 heterocycles. The van der Waals surface area contributed by atoms with Gasteiger partial charge in [0.2, 0.25) is 0 Å². The highest BCUT2D eigenvalue weighted by Crippen LogP contribution is 2.33. The lowest BCUT2D eigenvalue weighted by Crippen LogP contribution is -2.25. The Kier molecular flexibility index (Phi) is 4.69. The topological polar surface area (TPSA) is 29.5 Å². The summed E-state index contributed by atoms with van der Waals surface area (Å²) in [5.41, 5.74) is 1.10. The zero-order valence-electron chi connectivity index (χ0n) is 9.53. The van der Waals surface area contributed by atoms with Gasteiger partial charge in [-0.2, -0.15) is 0 Å². The summed E-state index contributed by atoms with van der Waals surface area (Å²) in [4.78, 5) is 0. The number of halogens is 2. The van der Waals surface area contributed by atoms with E-state index in [9.17, 15) is 5.11 Å². The Bertz CT molecular complexity index is 382. The zero-order valence-corrected chi connectivity index (χ0v) is 11.0. The van der Waals surface area contributed by atoms with Crippen molar-refractivity contribution in [1.82, 2.24) is 0 Å². The highest BCUT2D eigenvalue weighted by Gasteiger charge is 2.25. The Morgan fingerprint density at radius 1 is 1.24 bits per heavy atom. The third kappa shape index (κ3) is 3.14. The molecule has 94 valence electrons. The molecule has 1 fully saturated rings. The standard InChI is InChI=1S/C13H16Cl2O2/c14-11-5-4-9(7-12(11)15)10-3-1-2-6-17-13(10)8-16/h4-5,7,10,13,16H,1-3,6,8H2/t10-,13-/m1/s1.